The maximum Gasteiger partial charge on any atom is 0.254 e. The van der Waals surface area contributed by atoms with Crippen LogP contribution in [0.1, 0.15) is 60.0 Å². The van der Waals surface area contributed by atoms with Crippen LogP contribution in [-0.4, -0.2) is 66.6 Å². The minimum atomic E-state index is 0.0728. The first-order valence-electron chi connectivity index (χ1n) is 15.1. The number of nitrogens with one attached hydrogen (secondary N) is 1. The van der Waals surface area contributed by atoms with Gasteiger partial charge in [0.15, 0.2) is 0 Å². The monoisotopic (exact) mass is 511 g/mol. The molecule has 2 aliphatic heterocycles. The highest BCUT2D eigenvalue weighted by Crippen LogP contribution is 2.91. The number of piperidine rings is 2. The summed E-state index contributed by atoms with van der Waals surface area (Å²) in [4.78, 5) is 18.7. The fourth-order valence-electron chi connectivity index (χ4n) is 11.2. The van der Waals surface area contributed by atoms with Gasteiger partial charge in [-0.05, 0) is 136 Å². The van der Waals surface area contributed by atoms with Crippen molar-refractivity contribution in [1.29, 1.82) is 0 Å². The number of carbonyl (C=O) groups is 1. The Kier molecular flexibility index (Phi) is 5.00. The molecule has 6 unspecified atom stereocenters. The molecule has 4 aliphatic carbocycles. The van der Waals surface area contributed by atoms with Crippen LogP contribution < -0.4 is 5.32 Å². The van der Waals surface area contributed by atoms with Crippen molar-refractivity contribution in [3.63, 3.8) is 0 Å². The quantitative estimate of drug-likeness (QED) is 0.602. The smallest absolute Gasteiger partial charge is 0.254 e. The van der Waals surface area contributed by atoms with Gasteiger partial charge in [0.05, 0.1) is 0 Å². The third-order valence-corrected chi connectivity index (χ3v) is 12.2. The van der Waals surface area contributed by atoms with Gasteiger partial charge >= 0.3 is 0 Å². The third-order valence-electron chi connectivity index (χ3n) is 12.2. The van der Waals surface area contributed by atoms with E-state index in [1.165, 1.54) is 43.2 Å². The van der Waals surface area contributed by atoms with Gasteiger partial charge in [-0.25, -0.2) is 0 Å². The van der Waals surface area contributed by atoms with Gasteiger partial charge in [-0.2, -0.15) is 0 Å². The first kappa shape index (κ1) is 23.5. The molecule has 200 valence electrons. The number of benzene rings is 2. The van der Waals surface area contributed by atoms with Crippen LogP contribution in [0.4, 0.5) is 0 Å². The Morgan fingerprint density at radius 3 is 2.89 bits per heavy atom. The van der Waals surface area contributed by atoms with Gasteiger partial charge in [-0.3, -0.25) is 4.79 Å². The van der Waals surface area contributed by atoms with Crippen molar-refractivity contribution in [2.24, 2.45) is 28.6 Å². The molecule has 2 aromatic rings. The molecule has 5 heteroatoms. The van der Waals surface area contributed by atoms with Crippen molar-refractivity contribution in [2.75, 3.05) is 39.8 Å². The molecule has 6 aliphatic rings. The number of carbonyl (C=O) groups excluding carboxylic acids is 1. The first-order chi connectivity index (χ1) is 18.5. The summed E-state index contributed by atoms with van der Waals surface area (Å²) >= 11 is 0. The number of aryl methyl sites for hydroxylation is 1. The number of nitrogens with zero attached hydrogens (tertiary/aromatic N) is 2. The molecule has 2 saturated heterocycles. The van der Waals surface area contributed by atoms with Crippen LogP contribution in [0.25, 0.3) is 0 Å². The lowest BCUT2D eigenvalue weighted by molar-refractivity contribution is -0.308. The number of phenolic OH excluding ortho intramolecular Hbond substituents is 1. The Labute approximate surface area is 226 Å². The van der Waals surface area contributed by atoms with E-state index in [-0.39, 0.29) is 11.3 Å². The summed E-state index contributed by atoms with van der Waals surface area (Å²) in [7, 11) is 2.31. The summed E-state index contributed by atoms with van der Waals surface area (Å²) in [6.07, 6.45) is 8.62. The van der Waals surface area contributed by atoms with Gasteiger partial charge in [-0.1, -0.05) is 24.3 Å². The van der Waals surface area contributed by atoms with Crippen molar-refractivity contribution in [1.82, 2.24) is 15.1 Å². The van der Waals surface area contributed by atoms with Gasteiger partial charge in [0, 0.05) is 30.1 Å². The maximum atomic E-state index is 13.8. The van der Waals surface area contributed by atoms with Gasteiger partial charge < -0.3 is 20.2 Å². The van der Waals surface area contributed by atoms with E-state index in [9.17, 15) is 9.90 Å². The largest absolute Gasteiger partial charge is 0.508 e. The molecule has 7 atom stereocenters. The molecule has 38 heavy (non-hydrogen) atoms. The molecule has 8 rings (SSSR count). The van der Waals surface area contributed by atoms with Gasteiger partial charge in [0.2, 0.25) is 0 Å². The number of phenols is 1. The summed E-state index contributed by atoms with van der Waals surface area (Å²) in [5.41, 5.74) is 4.46. The molecule has 5 fully saturated rings. The third kappa shape index (κ3) is 2.87. The van der Waals surface area contributed by atoms with Crippen LogP contribution in [0.3, 0.4) is 0 Å². The van der Waals surface area contributed by atoms with Crippen LogP contribution >= 0.6 is 0 Å². The number of fused-ring (bicyclic) bond motifs is 5. The minimum absolute atomic E-state index is 0.0728. The molecular formula is C33H41N3O2. The van der Waals surface area contributed by atoms with Crippen molar-refractivity contribution in [2.45, 2.75) is 56.4 Å². The molecule has 5 nitrogen and oxygen atoms in total. The van der Waals surface area contributed by atoms with Crippen molar-refractivity contribution in [3.05, 3.63) is 65.2 Å². The second kappa shape index (κ2) is 8.08. The standard InChI is InChI=1S/C33H41N3O2/c1-35(19-22-6-5-14-34-18-22)15-13-33-26-16-25(37)10-9-23(26)11-12-32(33)20-31-17-27(28(33)29(31)32)36(21-31)30(38)24-7-3-2-4-8-24/h2-4,7-10,16,22,27-29,34,37H,5-6,11-15,17-21H2,1H3/t22?,27?,28?,29?,31-,32?,33?/m1/s1. The molecule has 2 spiro atoms. The fourth-order valence-corrected chi connectivity index (χ4v) is 11.2. The van der Waals surface area contributed by atoms with Gasteiger partial charge in [0.25, 0.3) is 5.91 Å². The lowest BCUT2D eigenvalue weighted by Gasteiger charge is -2.83. The fraction of sp³-hybridized carbons (Fsp3) is 0.606. The number of likely N-dealkylation sites (tertiary alicyclic amines) is 1. The number of hydrogen-bond donors (Lipinski definition) is 2. The first-order valence-corrected chi connectivity index (χ1v) is 15.1. The molecule has 2 heterocycles. The lowest BCUT2D eigenvalue weighted by Crippen LogP contribution is -2.83. The molecule has 2 N–H and O–H groups in total. The van der Waals surface area contributed by atoms with Crippen molar-refractivity contribution < 1.29 is 9.90 Å². The Morgan fingerprint density at radius 1 is 1.21 bits per heavy atom. The Bertz CT molecular complexity index is 1270. The summed E-state index contributed by atoms with van der Waals surface area (Å²) in [6, 6.07) is 16.5. The number of rotatable bonds is 6. The van der Waals surface area contributed by atoms with E-state index in [4.69, 9.17) is 0 Å². The number of hydrogen-bond acceptors (Lipinski definition) is 4. The predicted molar refractivity (Wildman–Crippen MR) is 148 cm³/mol. The zero-order chi connectivity index (χ0) is 25.7. The van der Waals surface area contributed by atoms with Crippen LogP contribution in [0.5, 0.6) is 5.75 Å². The predicted octanol–water partition coefficient (Wildman–Crippen LogP) is 4.45. The SMILES string of the molecule is CN(CCC12c3cc(O)ccc3CCC13C[C@@]14CC(C2C31)N(C(=O)c1ccccc1)C4)CC1CCCNC1. The zero-order valence-corrected chi connectivity index (χ0v) is 22.7. The average Bonchev–Trinajstić information content (AvgIpc) is 3.38. The summed E-state index contributed by atoms with van der Waals surface area (Å²) in [5.74, 6) is 2.64. The highest BCUT2D eigenvalue weighted by molar-refractivity contribution is 5.95. The van der Waals surface area contributed by atoms with E-state index in [1.807, 2.05) is 36.4 Å². The van der Waals surface area contributed by atoms with E-state index in [0.717, 1.165) is 63.0 Å². The minimum Gasteiger partial charge on any atom is -0.508 e. The topological polar surface area (TPSA) is 55.8 Å². The maximum absolute atomic E-state index is 13.8. The number of aromatic hydroxyl groups is 1. The summed E-state index contributed by atoms with van der Waals surface area (Å²) < 4.78 is 0. The molecule has 3 saturated carbocycles. The molecule has 0 aromatic heterocycles. The molecule has 2 bridgehead atoms. The molecule has 2 aromatic carbocycles. The van der Waals surface area contributed by atoms with E-state index in [1.54, 1.807) is 0 Å². The highest BCUT2D eigenvalue weighted by Gasteiger charge is 2.90. The zero-order valence-electron chi connectivity index (χ0n) is 22.7. The molecule has 1 amide bonds. The van der Waals surface area contributed by atoms with E-state index in [2.05, 4.69) is 34.3 Å². The van der Waals surface area contributed by atoms with Crippen molar-refractivity contribution >= 4 is 5.91 Å². The summed E-state index contributed by atoms with van der Waals surface area (Å²) in [6.45, 7) is 5.50. The van der Waals surface area contributed by atoms with E-state index >= 15 is 0 Å². The average molecular weight is 512 g/mol. The summed E-state index contributed by atoms with van der Waals surface area (Å²) in [5, 5.41) is 14.3. The Morgan fingerprint density at radius 2 is 2.08 bits per heavy atom. The van der Waals surface area contributed by atoms with Gasteiger partial charge in [0.1, 0.15) is 5.75 Å². The second-order valence-electron chi connectivity index (χ2n) is 13.8. The molecular weight excluding hydrogens is 470 g/mol. The van der Waals surface area contributed by atoms with Crippen molar-refractivity contribution in [3.8, 4) is 5.75 Å². The Hall–Kier alpha value is -2.37. The van der Waals surface area contributed by atoms with Crippen LogP contribution in [0.2, 0.25) is 0 Å². The van der Waals surface area contributed by atoms with Crippen LogP contribution in [0, 0.1) is 28.6 Å². The second-order valence-corrected chi connectivity index (χ2v) is 13.8. The normalized spacial score (nSPS) is 39.7. The Balaban J connectivity index is 1.15. The van der Waals surface area contributed by atoms with E-state index in [0.29, 0.717) is 28.5 Å². The highest BCUT2D eigenvalue weighted by atomic mass is 16.3. The van der Waals surface area contributed by atoms with Gasteiger partial charge in [-0.15, -0.1) is 0 Å². The van der Waals surface area contributed by atoms with Crippen LogP contribution in [-0.2, 0) is 11.8 Å². The van der Waals surface area contributed by atoms with Crippen LogP contribution in [0.15, 0.2) is 48.5 Å². The molecule has 0 radical (unpaired) electrons. The number of amides is 1. The lowest BCUT2D eigenvalue weighted by atomic mass is 9.21. The van der Waals surface area contributed by atoms with E-state index < -0.39 is 0 Å².